The maximum atomic E-state index is 11.1. The molecule has 0 fully saturated rings. The summed E-state index contributed by atoms with van der Waals surface area (Å²) in [5.41, 5.74) is 4.40. The van der Waals surface area contributed by atoms with Crippen molar-refractivity contribution in [2.24, 2.45) is 0 Å². The number of imidazole rings is 1. The summed E-state index contributed by atoms with van der Waals surface area (Å²) in [6.07, 6.45) is 0. The molecule has 0 bridgehead atoms. The molecule has 0 aliphatic carbocycles. The highest BCUT2D eigenvalue weighted by Crippen LogP contribution is 2.34. The summed E-state index contributed by atoms with van der Waals surface area (Å²) in [5.74, 6) is 2.04. The van der Waals surface area contributed by atoms with Gasteiger partial charge in [0.15, 0.2) is 22.8 Å². The third kappa shape index (κ3) is 2.99. The van der Waals surface area contributed by atoms with Crippen LogP contribution in [0.4, 0.5) is 5.69 Å². The fourth-order valence-electron chi connectivity index (χ4n) is 3.82. The molecule has 9 nitrogen and oxygen atoms in total. The van der Waals surface area contributed by atoms with E-state index in [9.17, 15) is 10.1 Å². The predicted octanol–water partition coefficient (Wildman–Crippen LogP) is 4.33. The van der Waals surface area contributed by atoms with Gasteiger partial charge in [0.2, 0.25) is 6.79 Å². The first-order valence-electron chi connectivity index (χ1n) is 9.92. The Bertz CT molecular complexity index is 1510. The minimum atomic E-state index is -0.421. The van der Waals surface area contributed by atoms with Gasteiger partial charge in [-0.05, 0) is 42.0 Å². The Morgan fingerprint density at radius 3 is 2.44 bits per heavy atom. The van der Waals surface area contributed by atoms with E-state index in [1.807, 2.05) is 47.0 Å². The lowest BCUT2D eigenvalue weighted by atomic mass is 10.1. The molecule has 1 aliphatic heterocycles. The number of rotatable bonds is 4. The first-order chi connectivity index (χ1) is 15.7. The molecule has 6 rings (SSSR count). The summed E-state index contributed by atoms with van der Waals surface area (Å²) in [7, 11) is 0. The van der Waals surface area contributed by atoms with Crippen LogP contribution in [0.2, 0.25) is 0 Å². The lowest BCUT2D eigenvalue weighted by Gasteiger charge is -2.10. The molecular formula is C23H15N5O4. The third-order valence-corrected chi connectivity index (χ3v) is 5.37. The number of para-hydroxylation sites is 2. The minimum Gasteiger partial charge on any atom is -0.454 e. The number of non-ortho nitro benzene ring substituents is 1. The predicted molar refractivity (Wildman–Crippen MR) is 117 cm³/mol. The van der Waals surface area contributed by atoms with Gasteiger partial charge in [-0.1, -0.05) is 18.2 Å². The summed E-state index contributed by atoms with van der Waals surface area (Å²) >= 11 is 0. The van der Waals surface area contributed by atoms with Crippen LogP contribution in [-0.2, 0) is 6.54 Å². The van der Waals surface area contributed by atoms with E-state index in [4.69, 9.17) is 19.4 Å². The lowest BCUT2D eigenvalue weighted by molar-refractivity contribution is -0.384. The molecule has 0 saturated carbocycles. The van der Waals surface area contributed by atoms with E-state index in [0.717, 1.165) is 22.2 Å². The summed E-state index contributed by atoms with van der Waals surface area (Å²) in [4.78, 5) is 24.9. The summed E-state index contributed by atoms with van der Waals surface area (Å²) in [5, 5.41) is 11.1. The van der Waals surface area contributed by atoms with E-state index in [0.29, 0.717) is 35.2 Å². The number of nitro benzene ring substituents is 1. The number of nitrogens with zero attached hydrogens (tertiary/aromatic N) is 5. The highest BCUT2D eigenvalue weighted by atomic mass is 16.7. The molecule has 5 aromatic rings. The van der Waals surface area contributed by atoms with Crippen LogP contribution in [0.15, 0.2) is 66.7 Å². The fourth-order valence-corrected chi connectivity index (χ4v) is 3.82. The van der Waals surface area contributed by atoms with Crippen molar-refractivity contribution >= 4 is 28.0 Å². The highest BCUT2D eigenvalue weighted by molar-refractivity contribution is 5.85. The number of benzene rings is 3. The van der Waals surface area contributed by atoms with Gasteiger partial charge in [-0.2, -0.15) is 0 Å². The third-order valence-electron chi connectivity index (χ3n) is 5.37. The van der Waals surface area contributed by atoms with Crippen molar-refractivity contribution in [3.05, 3.63) is 82.4 Å². The second-order valence-electron chi connectivity index (χ2n) is 7.37. The average Bonchev–Trinajstić information content (AvgIpc) is 3.42. The molecule has 32 heavy (non-hydrogen) atoms. The van der Waals surface area contributed by atoms with Crippen LogP contribution >= 0.6 is 0 Å². The van der Waals surface area contributed by atoms with Crippen molar-refractivity contribution < 1.29 is 14.4 Å². The number of fused-ring (bicyclic) bond motifs is 3. The number of hydrogen-bond donors (Lipinski definition) is 0. The molecule has 0 atom stereocenters. The quantitative estimate of drug-likeness (QED) is 0.312. The van der Waals surface area contributed by atoms with Gasteiger partial charge in [0, 0.05) is 17.7 Å². The van der Waals surface area contributed by atoms with Gasteiger partial charge in [-0.15, -0.1) is 0 Å². The zero-order chi connectivity index (χ0) is 21.7. The van der Waals surface area contributed by atoms with E-state index < -0.39 is 4.92 Å². The first-order valence-corrected chi connectivity index (χ1v) is 9.92. The Morgan fingerprint density at radius 2 is 1.66 bits per heavy atom. The normalized spacial score (nSPS) is 12.5. The molecule has 9 heteroatoms. The Hall–Kier alpha value is -4.53. The largest absolute Gasteiger partial charge is 0.454 e. The molecule has 3 aromatic carbocycles. The highest BCUT2D eigenvalue weighted by Gasteiger charge is 2.19. The van der Waals surface area contributed by atoms with E-state index >= 15 is 0 Å². The van der Waals surface area contributed by atoms with Gasteiger partial charge in [0.1, 0.15) is 5.82 Å². The molecule has 3 heterocycles. The van der Waals surface area contributed by atoms with Crippen LogP contribution in [-0.4, -0.2) is 31.2 Å². The molecule has 0 unspecified atom stereocenters. The van der Waals surface area contributed by atoms with Crippen molar-refractivity contribution in [3.8, 4) is 22.9 Å². The number of aromatic nitrogens is 4. The van der Waals surface area contributed by atoms with Crippen LogP contribution in [0.5, 0.6) is 11.5 Å². The number of hydrogen-bond acceptors (Lipinski definition) is 7. The van der Waals surface area contributed by atoms with Gasteiger partial charge in [0.25, 0.3) is 5.69 Å². The van der Waals surface area contributed by atoms with Gasteiger partial charge in [-0.25, -0.2) is 15.0 Å². The SMILES string of the molecule is O=[N+]([O-])c1ccc(-c2nc3nc4ccccc4nc3n2Cc2ccc3c(c2)OCO3)cc1. The zero-order valence-corrected chi connectivity index (χ0v) is 16.6. The molecule has 0 saturated heterocycles. The zero-order valence-electron chi connectivity index (χ0n) is 16.6. The Kier molecular flexibility index (Phi) is 4.00. The van der Waals surface area contributed by atoms with Gasteiger partial charge in [-0.3, -0.25) is 10.1 Å². The van der Waals surface area contributed by atoms with Crippen molar-refractivity contribution in [1.29, 1.82) is 0 Å². The Balaban J connectivity index is 1.53. The molecule has 156 valence electrons. The molecule has 0 radical (unpaired) electrons. The van der Waals surface area contributed by atoms with Crippen LogP contribution in [0, 0.1) is 10.1 Å². The van der Waals surface area contributed by atoms with Crippen molar-refractivity contribution in [3.63, 3.8) is 0 Å². The summed E-state index contributed by atoms with van der Waals surface area (Å²) in [6, 6.07) is 19.7. The van der Waals surface area contributed by atoms with Crippen molar-refractivity contribution in [2.75, 3.05) is 6.79 Å². The van der Waals surface area contributed by atoms with E-state index in [1.165, 1.54) is 12.1 Å². The summed E-state index contributed by atoms with van der Waals surface area (Å²) < 4.78 is 12.9. The molecule has 1 aliphatic rings. The minimum absolute atomic E-state index is 0.0224. The van der Waals surface area contributed by atoms with Gasteiger partial charge < -0.3 is 14.0 Å². The Labute approximate surface area is 181 Å². The lowest BCUT2D eigenvalue weighted by Crippen LogP contribution is -2.04. The van der Waals surface area contributed by atoms with Crippen molar-refractivity contribution in [1.82, 2.24) is 19.5 Å². The second-order valence-corrected chi connectivity index (χ2v) is 7.37. The monoisotopic (exact) mass is 425 g/mol. The maximum absolute atomic E-state index is 11.1. The second kappa shape index (κ2) is 7.02. The van der Waals surface area contributed by atoms with Crippen molar-refractivity contribution in [2.45, 2.75) is 6.54 Å². The molecule has 0 amide bonds. The van der Waals surface area contributed by atoms with Crippen LogP contribution in [0.3, 0.4) is 0 Å². The smallest absolute Gasteiger partial charge is 0.269 e. The maximum Gasteiger partial charge on any atom is 0.269 e. The molecule has 0 N–H and O–H groups in total. The fraction of sp³-hybridized carbons (Fsp3) is 0.0870. The number of ether oxygens (including phenoxy) is 2. The van der Waals surface area contributed by atoms with Crippen LogP contribution in [0.25, 0.3) is 33.7 Å². The van der Waals surface area contributed by atoms with Crippen LogP contribution in [0.1, 0.15) is 5.56 Å². The Morgan fingerprint density at radius 1 is 0.906 bits per heavy atom. The van der Waals surface area contributed by atoms with Gasteiger partial charge >= 0.3 is 0 Å². The summed E-state index contributed by atoms with van der Waals surface area (Å²) in [6.45, 7) is 0.671. The molecule has 0 spiro atoms. The van der Waals surface area contributed by atoms with Gasteiger partial charge in [0.05, 0.1) is 22.5 Å². The average molecular weight is 425 g/mol. The topological polar surface area (TPSA) is 105 Å². The molecule has 2 aromatic heterocycles. The van der Waals surface area contributed by atoms with E-state index in [-0.39, 0.29) is 12.5 Å². The first kappa shape index (κ1) is 18.3. The number of nitro groups is 1. The van der Waals surface area contributed by atoms with Crippen LogP contribution < -0.4 is 9.47 Å². The van der Waals surface area contributed by atoms with E-state index in [1.54, 1.807) is 12.1 Å². The standard InChI is InChI=1S/C23H15N5O4/c29-28(30)16-8-6-15(7-9-16)22-26-21-23(25-18-4-2-1-3-17(18)24-21)27(22)12-14-5-10-19-20(11-14)32-13-31-19/h1-11H,12-13H2. The molecular weight excluding hydrogens is 410 g/mol. The van der Waals surface area contributed by atoms with E-state index in [2.05, 4.69) is 4.98 Å².